The number of nitrogens with one attached hydrogen (secondary N) is 2. The molecule has 0 bridgehead atoms. The van der Waals surface area contributed by atoms with E-state index in [2.05, 4.69) is 17.6 Å². The van der Waals surface area contributed by atoms with Crippen LogP contribution in [0, 0.1) is 11.6 Å². The molecule has 0 aliphatic heterocycles. The lowest BCUT2D eigenvalue weighted by atomic mass is 9.92. The largest absolute Gasteiger partial charge is 0.383 e. The fraction of sp³-hybridized carbons (Fsp3) is 0.440. The van der Waals surface area contributed by atoms with Crippen LogP contribution in [-0.4, -0.2) is 56.8 Å². The molecule has 1 amide bonds. The van der Waals surface area contributed by atoms with E-state index in [1.807, 2.05) is 50.2 Å². The fourth-order valence-corrected chi connectivity index (χ4v) is 3.63. The van der Waals surface area contributed by atoms with Crippen molar-refractivity contribution < 1.29 is 18.3 Å². The second-order valence-electron chi connectivity index (χ2n) is 8.40. The number of benzene rings is 2. The molecule has 2 N–H and O–H groups in total. The molecule has 2 rings (SSSR count). The Morgan fingerprint density at radius 2 is 1.82 bits per heavy atom. The summed E-state index contributed by atoms with van der Waals surface area (Å²) in [4.78, 5) is 19.5. The van der Waals surface area contributed by atoms with Crippen molar-refractivity contribution in [3.05, 3.63) is 70.2 Å². The topological polar surface area (TPSA) is 66.0 Å². The van der Waals surface area contributed by atoms with Crippen LogP contribution in [0.2, 0.25) is 5.02 Å². The summed E-state index contributed by atoms with van der Waals surface area (Å²) >= 11 is 6.04. The summed E-state index contributed by atoms with van der Waals surface area (Å²) < 4.78 is 32.1. The molecule has 6 nitrogen and oxygen atoms in total. The minimum Gasteiger partial charge on any atom is -0.383 e. The van der Waals surface area contributed by atoms with Crippen molar-refractivity contribution in [2.45, 2.75) is 44.8 Å². The Labute approximate surface area is 205 Å². The molecule has 0 aromatic heterocycles. The third-order valence-corrected chi connectivity index (χ3v) is 5.67. The molecule has 3 atom stereocenters. The Morgan fingerprint density at radius 3 is 2.38 bits per heavy atom. The van der Waals surface area contributed by atoms with Gasteiger partial charge in [0, 0.05) is 23.7 Å². The zero-order chi connectivity index (χ0) is 25.3. The first-order valence-corrected chi connectivity index (χ1v) is 11.5. The monoisotopic (exact) mass is 494 g/mol. The van der Waals surface area contributed by atoms with Gasteiger partial charge in [-0.2, -0.15) is 0 Å². The van der Waals surface area contributed by atoms with Crippen molar-refractivity contribution in [2.75, 3.05) is 27.8 Å². The molecule has 0 heterocycles. The lowest BCUT2D eigenvalue weighted by Crippen LogP contribution is -2.47. The molecule has 3 unspecified atom stereocenters. The molecule has 0 fully saturated rings. The number of aliphatic imine (C=N–C) groups is 1. The lowest BCUT2D eigenvalue weighted by molar-refractivity contribution is 0.0973. The Bertz CT molecular complexity index is 970. The summed E-state index contributed by atoms with van der Waals surface area (Å²) in [6, 6.07) is 10.6. The van der Waals surface area contributed by atoms with Gasteiger partial charge in [-0.1, -0.05) is 30.7 Å². The van der Waals surface area contributed by atoms with Gasteiger partial charge in [-0.25, -0.2) is 13.8 Å². The van der Waals surface area contributed by atoms with Crippen molar-refractivity contribution >= 4 is 23.5 Å². The van der Waals surface area contributed by atoms with Gasteiger partial charge in [0.2, 0.25) is 0 Å². The number of halogens is 3. The molecule has 2 aromatic rings. The van der Waals surface area contributed by atoms with Crippen LogP contribution in [0.25, 0.3) is 0 Å². The van der Waals surface area contributed by atoms with E-state index >= 15 is 0 Å². The number of methoxy groups -OCH3 is 1. The van der Waals surface area contributed by atoms with Crippen molar-refractivity contribution in [2.24, 2.45) is 4.99 Å². The van der Waals surface area contributed by atoms with Gasteiger partial charge < -0.3 is 10.1 Å². The molecule has 0 spiro atoms. The van der Waals surface area contributed by atoms with Crippen molar-refractivity contribution in [3.63, 3.8) is 0 Å². The smallest absolute Gasteiger partial charge is 0.258 e. The second-order valence-corrected chi connectivity index (χ2v) is 8.83. The van der Waals surface area contributed by atoms with Crippen LogP contribution in [0.3, 0.4) is 0 Å². The molecule has 2 aromatic carbocycles. The number of ether oxygens (including phenoxy) is 1. The predicted octanol–water partition coefficient (Wildman–Crippen LogP) is 4.80. The van der Waals surface area contributed by atoms with Crippen molar-refractivity contribution in [3.8, 4) is 0 Å². The Morgan fingerprint density at radius 1 is 1.15 bits per heavy atom. The van der Waals surface area contributed by atoms with Gasteiger partial charge in [-0.05, 0) is 75.7 Å². The normalized spacial score (nSPS) is 14.6. The Hall–Kier alpha value is -2.55. The molecule has 0 saturated heterocycles. The van der Waals surface area contributed by atoms with Gasteiger partial charge >= 0.3 is 0 Å². The number of hydrogen-bond donors (Lipinski definition) is 2. The SMILES string of the molecule is CCC(CC(N=C(NC(=O)c1ccc(F)c(F)c1)NC(C)COC)N(C)C)c1ccc(Cl)cc1. The van der Waals surface area contributed by atoms with E-state index in [4.69, 9.17) is 21.3 Å². The van der Waals surface area contributed by atoms with Gasteiger partial charge in [0.15, 0.2) is 17.6 Å². The summed E-state index contributed by atoms with van der Waals surface area (Å²) in [6.45, 7) is 4.38. The maximum atomic E-state index is 13.6. The van der Waals surface area contributed by atoms with Gasteiger partial charge in [0.1, 0.15) is 6.17 Å². The van der Waals surface area contributed by atoms with Crippen LogP contribution in [0.15, 0.2) is 47.5 Å². The van der Waals surface area contributed by atoms with E-state index in [-0.39, 0.29) is 29.6 Å². The molecular weight excluding hydrogens is 462 g/mol. The highest BCUT2D eigenvalue weighted by Crippen LogP contribution is 2.27. The van der Waals surface area contributed by atoms with Gasteiger partial charge in [-0.3, -0.25) is 15.0 Å². The van der Waals surface area contributed by atoms with Crippen LogP contribution in [0.4, 0.5) is 8.78 Å². The molecule has 0 aliphatic rings. The number of nitrogens with zero attached hydrogens (tertiary/aromatic N) is 2. The quantitative estimate of drug-likeness (QED) is 0.368. The third-order valence-electron chi connectivity index (χ3n) is 5.42. The third kappa shape index (κ3) is 8.34. The van der Waals surface area contributed by atoms with E-state index in [1.54, 1.807) is 7.11 Å². The average Bonchev–Trinajstić information content (AvgIpc) is 2.79. The number of hydrogen-bond acceptors (Lipinski definition) is 4. The van der Waals surface area contributed by atoms with Gasteiger partial charge in [-0.15, -0.1) is 0 Å². The molecular formula is C25H33ClF2N4O2. The van der Waals surface area contributed by atoms with Gasteiger partial charge in [0.25, 0.3) is 5.91 Å². The van der Waals surface area contributed by atoms with E-state index < -0.39 is 17.5 Å². The molecule has 0 radical (unpaired) electrons. The predicted molar refractivity (Wildman–Crippen MR) is 132 cm³/mol. The van der Waals surface area contributed by atoms with Gasteiger partial charge in [0.05, 0.1) is 6.61 Å². The fourth-order valence-electron chi connectivity index (χ4n) is 3.50. The van der Waals surface area contributed by atoms with Crippen molar-refractivity contribution in [1.82, 2.24) is 15.5 Å². The molecule has 0 aliphatic carbocycles. The van der Waals surface area contributed by atoms with E-state index in [9.17, 15) is 13.6 Å². The molecule has 0 saturated carbocycles. The number of rotatable bonds is 10. The minimum atomic E-state index is -1.09. The number of guanidine groups is 1. The number of amides is 1. The summed E-state index contributed by atoms with van der Waals surface area (Å²) in [5.41, 5.74) is 1.14. The van der Waals surface area contributed by atoms with Crippen LogP contribution in [0.1, 0.15) is 48.5 Å². The summed E-state index contributed by atoms with van der Waals surface area (Å²) in [5.74, 6) is -2.27. The zero-order valence-corrected chi connectivity index (χ0v) is 21.0. The Kier molecular flexibility index (Phi) is 10.9. The number of carbonyl (C=O) groups excluding carboxylic acids is 1. The summed E-state index contributed by atoms with van der Waals surface area (Å²) in [7, 11) is 5.40. The first-order chi connectivity index (χ1) is 16.1. The van der Waals surface area contributed by atoms with E-state index in [0.29, 0.717) is 18.1 Å². The highest BCUT2D eigenvalue weighted by molar-refractivity contribution is 6.30. The highest BCUT2D eigenvalue weighted by atomic mass is 35.5. The summed E-state index contributed by atoms with van der Waals surface area (Å²) in [6.07, 6.45) is 1.31. The first-order valence-electron chi connectivity index (χ1n) is 11.2. The van der Waals surface area contributed by atoms with Crippen molar-refractivity contribution in [1.29, 1.82) is 0 Å². The van der Waals surface area contributed by atoms with Crippen LogP contribution < -0.4 is 10.6 Å². The molecule has 9 heteroatoms. The average molecular weight is 495 g/mol. The van der Waals surface area contributed by atoms with Crippen LogP contribution in [-0.2, 0) is 4.74 Å². The zero-order valence-electron chi connectivity index (χ0n) is 20.2. The first kappa shape index (κ1) is 27.7. The highest BCUT2D eigenvalue weighted by Gasteiger charge is 2.21. The second kappa shape index (κ2) is 13.4. The minimum absolute atomic E-state index is 0.0122. The standard InChI is InChI=1S/C25H33ClF2N4O2/c1-6-17(18-7-10-20(26)11-8-18)14-23(32(3)4)30-25(29-16(2)15-34-5)31-24(33)19-9-12-21(27)22(28)13-19/h7-13,16-17,23H,6,14-15H2,1-5H3,(H2,29,30,31,33). The van der Waals surface area contributed by atoms with Crippen LogP contribution in [0.5, 0.6) is 0 Å². The summed E-state index contributed by atoms with van der Waals surface area (Å²) in [5, 5.41) is 6.53. The lowest BCUT2D eigenvalue weighted by Gasteiger charge is -2.27. The molecule has 34 heavy (non-hydrogen) atoms. The Balaban J connectivity index is 2.30. The maximum absolute atomic E-state index is 13.6. The van der Waals surface area contributed by atoms with E-state index in [1.165, 1.54) is 6.07 Å². The van der Waals surface area contributed by atoms with Crippen LogP contribution >= 0.6 is 11.6 Å². The number of carbonyl (C=O) groups is 1. The molecule has 186 valence electrons. The van der Waals surface area contributed by atoms with E-state index in [0.717, 1.165) is 24.1 Å². The maximum Gasteiger partial charge on any atom is 0.258 e.